The number of aromatic nitrogens is 5. The number of hydrogen-bond acceptors (Lipinski definition) is 5. The van der Waals surface area contributed by atoms with E-state index in [1.165, 1.54) is 17.7 Å². The molecule has 0 atom stereocenters. The molecule has 27 heavy (non-hydrogen) atoms. The lowest BCUT2D eigenvalue weighted by atomic mass is 10.2. The summed E-state index contributed by atoms with van der Waals surface area (Å²) < 4.78 is 3.64. The van der Waals surface area contributed by atoms with Crippen LogP contribution in [0.1, 0.15) is 29.1 Å². The van der Waals surface area contributed by atoms with E-state index < -0.39 is 0 Å². The van der Waals surface area contributed by atoms with E-state index in [2.05, 4.69) is 34.3 Å². The number of pyridine rings is 1. The van der Waals surface area contributed by atoms with Crippen LogP contribution in [0.3, 0.4) is 0 Å². The van der Waals surface area contributed by atoms with Crippen molar-refractivity contribution in [2.24, 2.45) is 5.92 Å². The summed E-state index contributed by atoms with van der Waals surface area (Å²) in [5.41, 5.74) is 2.78. The Morgan fingerprint density at radius 1 is 1.26 bits per heavy atom. The summed E-state index contributed by atoms with van der Waals surface area (Å²) in [5.74, 6) is 0.460. The zero-order valence-corrected chi connectivity index (χ0v) is 16.0. The van der Waals surface area contributed by atoms with E-state index in [4.69, 9.17) is 0 Å². The Labute approximate surface area is 160 Å². The molecule has 1 N–H and O–H groups in total. The van der Waals surface area contributed by atoms with E-state index in [1.54, 1.807) is 4.52 Å². The molecule has 0 bridgehead atoms. The van der Waals surface area contributed by atoms with Gasteiger partial charge < -0.3 is 5.32 Å². The van der Waals surface area contributed by atoms with Crippen molar-refractivity contribution in [1.29, 1.82) is 0 Å². The van der Waals surface area contributed by atoms with Crippen molar-refractivity contribution in [3.05, 3.63) is 59.6 Å². The van der Waals surface area contributed by atoms with Gasteiger partial charge >= 0.3 is 0 Å². The molecule has 0 aromatic carbocycles. The van der Waals surface area contributed by atoms with Crippen LogP contribution in [0.15, 0.2) is 49.2 Å². The molecule has 7 nitrogen and oxygen atoms in total. The Bertz CT molecular complexity index is 1080. The highest BCUT2D eigenvalue weighted by atomic mass is 32.1. The smallest absolute Gasteiger partial charge is 0.261 e. The van der Waals surface area contributed by atoms with E-state index in [9.17, 15) is 4.79 Å². The van der Waals surface area contributed by atoms with Crippen LogP contribution in [0.2, 0.25) is 0 Å². The van der Waals surface area contributed by atoms with Crippen LogP contribution in [-0.4, -0.2) is 30.3 Å². The van der Waals surface area contributed by atoms with Crippen molar-refractivity contribution >= 4 is 22.9 Å². The van der Waals surface area contributed by atoms with E-state index in [0.29, 0.717) is 17.3 Å². The molecular formula is C19H20N6OS. The van der Waals surface area contributed by atoms with Gasteiger partial charge in [-0.1, -0.05) is 13.8 Å². The first-order valence-corrected chi connectivity index (χ1v) is 9.59. The van der Waals surface area contributed by atoms with Crippen LogP contribution in [-0.2, 0) is 13.1 Å². The van der Waals surface area contributed by atoms with Crippen LogP contribution in [0.4, 0.5) is 0 Å². The topological polar surface area (TPSA) is 77.1 Å². The Hall–Kier alpha value is -3.00. The van der Waals surface area contributed by atoms with Gasteiger partial charge in [-0.3, -0.25) is 9.48 Å². The highest BCUT2D eigenvalue weighted by molar-refractivity contribution is 7.17. The summed E-state index contributed by atoms with van der Waals surface area (Å²) in [5, 5.41) is 11.4. The van der Waals surface area contributed by atoms with Crippen LogP contribution >= 0.6 is 11.3 Å². The molecule has 0 saturated heterocycles. The van der Waals surface area contributed by atoms with Crippen molar-refractivity contribution in [2.75, 3.05) is 0 Å². The highest BCUT2D eigenvalue weighted by Gasteiger charge is 2.12. The molecule has 0 spiro atoms. The maximum atomic E-state index is 12.5. The van der Waals surface area contributed by atoms with Gasteiger partial charge in [0.25, 0.3) is 5.91 Å². The second-order valence-electron chi connectivity index (χ2n) is 6.79. The fourth-order valence-corrected chi connectivity index (χ4v) is 3.71. The maximum absolute atomic E-state index is 12.5. The number of carbonyl (C=O) groups excluding carboxylic acids is 1. The van der Waals surface area contributed by atoms with Crippen molar-refractivity contribution < 1.29 is 4.79 Å². The molecule has 4 rings (SSSR count). The molecule has 138 valence electrons. The van der Waals surface area contributed by atoms with Crippen molar-refractivity contribution in [3.8, 4) is 10.4 Å². The van der Waals surface area contributed by atoms with E-state index >= 15 is 0 Å². The average Bonchev–Trinajstić information content (AvgIpc) is 3.38. The second kappa shape index (κ2) is 7.32. The van der Waals surface area contributed by atoms with Gasteiger partial charge in [-0.2, -0.15) is 10.2 Å². The standard InChI is InChI=1S/C19H20N6OS/c1-13(2)10-24-11-15(9-22-24)16-3-4-17(27-16)19(26)20-8-14-5-6-25-18(7-14)21-12-23-25/h3-7,9,11-13H,8,10H2,1-2H3,(H,20,26). The van der Waals surface area contributed by atoms with Gasteiger partial charge in [-0.05, 0) is 35.7 Å². The van der Waals surface area contributed by atoms with Gasteiger partial charge in [0.05, 0.1) is 11.1 Å². The van der Waals surface area contributed by atoms with Gasteiger partial charge in [0.2, 0.25) is 0 Å². The fourth-order valence-electron chi connectivity index (χ4n) is 2.82. The van der Waals surface area contributed by atoms with E-state index in [1.807, 2.05) is 47.5 Å². The second-order valence-corrected chi connectivity index (χ2v) is 7.87. The first-order chi connectivity index (χ1) is 13.1. The number of hydrogen-bond donors (Lipinski definition) is 1. The first-order valence-electron chi connectivity index (χ1n) is 8.77. The Balaban J connectivity index is 1.41. The zero-order valence-electron chi connectivity index (χ0n) is 15.2. The number of rotatable bonds is 6. The number of carbonyl (C=O) groups is 1. The van der Waals surface area contributed by atoms with Crippen molar-refractivity contribution in [1.82, 2.24) is 29.7 Å². The van der Waals surface area contributed by atoms with Gasteiger partial charge in [0, 0.05) is 35.9 Å². The van der Waals surface area contributed by atoms with Crippen molar-refractivity contribution in [3.63, 3.8) is 0 Å². The summed E-state index contributed by atoms with van der Waals surface area (Å²) in [6.07, 6.45) is 7.22. The molecule has 4 aromatic heterocycles. The lowest BCUT2D eigenvalue weighted by Crippen LogP contribution is -2.21. The quantitative estimate of drug-likeness (QED) is 0.557. The van der Waals surface area contributed by atoms with Crippen LogP contribution < -0.4 is 5.32 Å². The Morgan fingerprint density at radius 3 is 3.00 bits per heavy atom. The number of nitrogens with one attached hydrogen (secondary N) is 1. The highest BCUT2D eigenvalue weighted by Crippen LogP contribution is 2.28. The third-order valence-electron chi connectivity index (χ3n) is 4.10. The third-order valence-corrected chi connectivity index (χ3v) is 5.23. The Kier molecular flexibility index (Phi) is 4.72. The molecule has 8 heteroatoms. The predicted molar refractivity (Wildman–Crippen MR) is 105 cm³/mol. The first kappa shape index (κ1) is 17.4. The molecule has 0 aliphatic rings. The normalized spacial score (nSPS) is 11.4. The largest absolute Gasteiger partial charge is 0.347 e. The monoisotopic (exact) mass is 380 g/mol. The molecule has 4 aromatic rings. The number of nitrogens with zero attached hydrogens (tertiary/aromatic N) is 5. The fraction of sp³-hybridized carbons (Fsp3) is 0.263. The molecule has 0 aliphatic heterocycles. The minimum atomic E-state index is -0.0813. The Morgan fingerprint density at radius 2 is 2.15 bits per heavy atom. The summed E-state index contributed by atoms with van der Waals surface area (Å²) in [6.45, 7) is 5.66. The number of amides is 1. The molecule has 0 radical (unpaired) electrons. The summed E-state index contributed by atoms with van der Waals surface area (Å²) in [6, 6.07) is 7.66. The molecule has 0 saturated carbocycles. The molecular weight excluding hydrogens is 360 g/mol. The van der Waals surface area contributed by atoms with Gasteiger partial charge in [-0.15, -0.1) is 11.3 Å². The number of fused-ring (bicyclic) bond motifs is 1. The minimum Gasteiger partial charge on any atom is -0.347 e. The van der Waals surface area contributed by atoms with Gasteiger partial charge in [0.15, 0.2) is 5.65 Å². The lowest BCUT2D eigenvalue weighted by Gasteiger charge is -2.04. The predicted octanol–water partition coefficient (Wildman–Crippen LogP) is 3.24. The minimum absolute atomic E-state index is 0.0813. The van der Waals surface area contributed by atoms with E-state index in [0.717, 1.165) is 28.2 Å². The van der Waals surface area contributed by atoms with Crippen LogP contribution in [0, 0.1) is 5.92 Å². The summed E-state index contributed by atoms with van der Waals surface area (Å²) >= 11 is 1.47. The van der Waals surface area contributed by atoms with E-state index in [-0.39, 0.29) is 5.91 Å². The zero-order chi connectivity index (χ0) is 18.8. The SMILES string of the molecule is CC(C)Cn1cc(-c2ccc(C(=O)NCc3ccn4ncnc4c3)s2)cn1. The lowest BCUT2D eigenvalue weighted by molar-refractivity contribution is 0.0955. The van der Waals surface area contributed by atoms with Gasteiger partial charge in [-0.25, -0.2) is 9.50 Å². The van der Waals surface area contributed by atoms with Crippen molar-refractivity contribution in [2.45, 2.75) is 26.9 Å². The molecule has 0 aliphatic carbocycles. The van der Waals surface area contributed by atoms with Crippen LogP contribution in [0.25, 0.3) is 16.1 Å². The van der Waals surface area contributed by atoms with Crippen LogP contribution in [0.5, 0.6) is 0 Å². The van der Waals surface area contributed by atoms with Gasteiger partial charge in [0.1, 0.15) is 6.33 Å². The molecule has 0 unspecified atom stereocenters. The maximum Gasteiger partial charge on any atom is 0.261 e. The number of thiophene rings is 1. The average molecular weight is 380 g/mol. The molecule has 4 heterocycles. The summed E-state index contributed by atoms with van der Waals surface area (Å²) in [4.78, 5) is 18.4. The third kappa shape index (κ3) is 3.90. The molecule has 0 fully saturated rings. The molecule has 1 amide bonds. The summed E-state index contributed by atoms with van der Waals surface area (Å²) in [7, 11) is 0.